The van der Waals surface area contributed by atoms with Crippen molar-refractivity contribution >= 4 is 17.6 Å². The van der Waals surface area contributed by atoms with Crippen LogP contribution >= 0.6 is 11.6 Å². The number of benzene rings is 2. The molecule has 0 saturated heterocycles. The molecule has 0 aromatic heterocycles. The summed E-state index contributed by atoms with van der Waals surface area (Å²) >= 11 is 6.53. The van der Waals surface area contributed by atoms with E-state index in [9.17, 15) is 9.90 Å². The first kappa shape index (κ1) is 25.3. The maximum Gasteiger partial charge on any atom is 0.303 e. The first-order valence-electron chi connectivity index (χ1n) is 11.8. The van der Waals surface area contributed by atoms with Gasteiger partial charge in [0.25, 0.3) is 0 Å². The Bertz CT molecular complexity index is 907. The van der Waals surface area contributed by atoms with Gasteiger partial charge in [-0.3, -0.25) is 4.79 Å². The molecule has 4 nitrogen and oxygen atoms in total. The summed E-state index contributed by atoms with van der Waals surface area (Å²) in [6.45, 7) is 4.85. The summed E-state index contributed by atoms with van der Waals surface area (Å²) in [5, 5.41) is 19.2. The minimum atomic E-state index is -0.767. The van der Waals surface area contributed by atoms with Gasteiger partial charge in [0.2, 0.25) is 0 Å². The molecule has 3 rings (SSSR count). The van der Waals surface area contributed by atoms with Gasteiger partial charge in [-0.15, -0.1) is 11.6 Å². The zero-order valence-electron chi connectivity index (χ0n) is 19.5. The fourth-order valence-electron chi connectivity index (χ4n) is 4.62. The van der Waals surface area contributed by atoms with Crippen molar-refractivity contribution in [1.82, 2.24) is 0 Å². The van der Waals surface area contributed by atoms with E-state index in [-0.39, 0.29) is 29.0 Å². The molecule has 0 radical (unpaired) electrons. The molecule has 0 aliphatic heterocycles. The number of aliphatic hydroxyl groups is 1. The van der Waals surface area contributed by atoms with E-state index < -0.39 is 12.1 Å². The number of aliphatic hydroxyl groups excluding tert-OH is 1. The van der Waals surface area contributed by atoms with Gasteiger partial charge in [-0.05, 0) is 54.9 Å². The summed E-state index contributed by atoms with van der Waals surface area (Å²) in [7, 11) is 0. The van der Waals surface area contributed by atoms with E-state index >= 15 is 0 Å². The number of carboxylic acid groups (broad SMARTS) is 1. The second-order valence-corrected chi connectivity index (χ2v) is 10.0. The molecule has 1 aliphatic carbocycles. The molecular formula is C28H35ClO4. The Kier molecular flexibility index (Phi) is 8.99. The molecule has 0 unspecified atom stereocenters. The van der Waals surface area contributed by atoms with Gasteiger partial charge in [-0.25, -0.2) is 0 Å². The number of carbonyl (C=O) groups is 1. The molecule has 1 fully saturated rings. The lowest BCUT2D eigenvalue weighted by Gasteiger charge is -2.26. The van der Waals surface area contributed by atoms with Gasteiger partial charge in [0.05, 0.1) is 12.7 Å². The zero-order chi connectivity index (χ0) is 23.8. The van der Waals surface area contributed by atoms with Crippen LogP contribution < -0.4 is 4.74 Å². The molecule has 0 heterocycles. The van der Waals surface area contributed by atoms with Crippen LogP contribution in [0.25, 0.3) is 0 Å². The van der Waals surface area contributed by atoms with Crippen LogP contribution in [-0.4, -0.2) is 34.3 Å². The van der Waals surface area contributed by atoms with E-state index in [4.69, 9.17) is 21.4 Å². The fourth-order valence-corrected chi connectivity index (χ4v) is 5.09. The highest BCUT2D eigenvalue weighted by Crippen LogP contribution is 2.39. The number of hydrogen-bond acceptors (Lipinski definition) is 3. The van der Waals surface area contributed by atoms with Crippen molar-refractivity contribution in [3.63, 3.8) is 0 Å². The van der Waals surface area contributed by atoms with Crippen molar-refractivity contribution in [3.8, 4) is 5.75 Å². The molecule has 5 heteroatoms. The van der Waals surface area contributed by atoms with Gasteiger partial charge >= 0.3 is 5.97 Å². The average molecular weight is 471 g/mol. The molecule has 2 aromatic rings. The summed E-state index contributed by atoms with van der Waals surface area (Å²) in [5.41, 5.74) is 2.38. The summed E-state index contributed by atoms with van der Waals surface area (Å²) in [6, 6.07) is 18.7. The molecule has 33 heavy (non-hydrogen) atoms. The van der Waals surface area contributed by atoms with E-state index in [0.717, 1.165) is 18.6 Å². The zero-order valence-corrected chi connectivity index (χ0v) is 20.2. The van der Waals surface area contributed by atoms with Gasteiger partial charge < -0.3 is 14.9 Å². The van der Waals surface area contributed by atoms with Crippen LogP contribution in [0.5, 0.6) is 5.75 Å². The third-order valence-electron chi connectivity index (χ3n) is 6.83. The van der Waals surface area contributed by atoms with Crippen molar-refractivity contribution in [1.29, 1.82) is 0 Å². The van der Waals surface area contributed by atoms with Gasteiger partial charge in [-0.1, -0.05) is 68.5 Å². The lowest BCUT2D eigenvalue weighted by molar-refractivity contribution is -0.137. The molecule has 2 aromatic carbocycles. The van der Waals surface area contributed by atoms with Crippen LogP contribution in [0, 0.1) is 11.8 Å². The highest BCUT2D eigenvalue weighted by atomic mass is 35.5. The Morgan fingerprint density at radius 2 is 1.73 bits per heavy atom. The predicted octanol–water partition coefficient (Wildman–Crippen LogP) is 6.20. The maximum atomic E-state index is 10.6. The van der Waals surface area contributed by atoms with Crippen LogP contribution in [0.15, 0.2) is 66.7 Å². The molecule has 2 N–H and O–H groups in total. The second kappa shape index (κ2) is 11.7. The van der Waals surface area contributed by atoms with Gasteiger partial charge in [-0.2, -0.15) is 0 Å². The SMILES string of the molecule is CC(C)(c1ccccc1)c1ccc(OC[C@@H]2[C@@H](C/C=C\CCCC(=O)O)[C@@H](Cl)C[C@H]2O)cc1. The minimum absolute atomic E-state index is 0.0309. The smallest absolute Gasteiger partial charge is 0.303 e. The summed E-state index contributed by atoms with van der Waals surface area (Å²) < 4.78 is 6.08. The Hall–Kier alpha value is -2.30. The molecule has 0 spiro atoms. The Morgan fingerprint density at radius 1 is 1.06 bits per heavy atom. The van der Waals surface area contributed by atoms with Crippen molar-refractivity contribution in [3.05, 3.63) is 77.9 Å². The first-order valence-corrected chi connectivity index (χ1v) is 12.2. The topological polar surface area (TPSA) is 66.8 Å². The third kappa shape index (κ3) is 6.84. The highest BCUT2D eigenvalue weighted by molar-refractivity contribution is 6.21. The van der Waals surface area contributed by atoms with E-state index in [1.807, 2.05) is 24.3 Å². The first-order chi connectivity index (χ1) is 15.8. The normalized spacial score (nSPS) is 23.2. The number of halogens is 1. The van der Waals surface area contributed by atoms with Gasteiger partial charge in [0.15, 0.2) is 0 Å². The Morgan fingerprint density at radius 3 is 2.39 bits per heavy atom. The highest BCUT2D eigenvalue weighted by Gasteiger charge is 2.41. The quantitative estimate of drug-likeness (QED) is 0.233. The standard InChI is InChI=1S/C28H35ClO4/c1-28(2,20-10-6-5-7-11-20)21-14-16-22(17-15-21)33-19-24-23(25(29)18-26(24)30)12-8-3-4-9-13-27(31)32/h3,5-8,10-11,14-17,23-26,30H,4,9,12-13,18-19H2,1-2H3,(H,31,32)/b8-3-/t23-,24-,25+,26-/m1/s1. The van der Waals surface area contributed by atoms with Crippen LogP contribution in [0.1, 0.15) is 57.1 Å². The largest absolute Gasteiger partial charge is 0.493 e. The Balaban J connectivity index is 1.56. The van der Waals surface area contributed by atoms with Gasteiger partial charge in [0.1, 0.15) is 5.75 Å². The predicted molar refractivity (Wildman–Crippen MR) is 133 cm³/mol. The van der Waals surface area contributed by atoms with Crippen molar-refractivity contribution in [2.75, 3.05) is 6.61 Å². The molecule has 4 atom stereocenters. The summed E-state index contributed by atoms with van der Waals surface area (Å²) in [4.78, 5) is 10.6. The van der Waals surface area contributed by atoms with Crippen LogP contribution in [-0.2, 0) is 10.2 Å². The van der Waals surface area contributed by atoms with Crippen LogP contribution in [0.3, 0.4) is 0 Å². The number of carboxylic acids is 1. The third-order valence-corrected chi connectivity index (χ3v) is 7.33. The van der Waals surface area contributed by atoms with E-state index in [0.29, 0.717) is 19.4 Å². The average Bonchev–Trinajstić information content (AvgIpc) is 3.07. The minimum Gasteiger partial charge on any atom is -0.493 e. The van der Waals surface area contributed by atoms with Crippen molar-refractivity contribution in [2.24, 2.45) is 11.8 Å². The van der Waals surface area contributed by atoms with E-state index in [2.05, 4.69) is 56.3 Å². The number of ether oxygens (including phenoxy) is 1. The molecule has 178 valence electrons. The number of aliphatic carboxylic acids is 1. The number of allylic oxidation sites excluding steroid dienone is 2. The van der Waals surface area contributed by atoms with E-state index in [1.165, 1.54) is 11.1 Å². The lowest BCUT2D eigenvalue weighted by atomic mass is 9.78. The van der Waals surface area contributed by atoms with Gasteiger partial charge in [0, 0.05) is 23.1 Å². The van der Waals surface area contributed by atoms with E-state index in [1.54, 1.807) is 0 Å². The monoisotopic (exact) mass is 470 g/mol. The van der Waals surface area contributed by atoms with Crippen molar-refractivity contribution in [2.45, 2.75) is 62.8 Å². The summed E-state index contributed by atoms with van der Waals surface area (Å²) in [6.07, 6.45) is 6.48. The summed E-state index contributed by atoms with van der Waals surface area (Å²) in [5.74, 6) is 0.123. The second-order valence-electron chi connectivity index (χ2n) is 9.47. The molecule has 1 saturated carbocycles. The Labute approximate surface area is 202 Å². The lowest BCUT2D eigenvalue weighted by Crippen LogP contribution is -2.27. The number of hydrogen-bond donors (Lipinski definition) is 2. The number of alkyl halides is 1. The number of rotatable bonds is 11. The molecule has 0 amide bonds. The fraction of sp³-hybridized carbons (Fsp3) is 0.464. The molecule has 0 bridgehead atoms. The number of unbranched alkanes of at least 4 members (excludes halogenated alkanes) is 1. The van der Waals surface area contributed by atoms with Crippen LogP contribution in [0.4, 0.5) is 0 Å². The maximum absolute atomic E-state index is 10.6. The van der Waals surface area contributed by atoms with Crippen molar-refractivity contribution < 1.29 is 19.7 Å². The molecular weight excluding hydrogens is 436 g/mol. The van der Waals surface area contributed by atoms with Crippen LogP contribution in [0.2, 0.25) is 0 Å². The molecule has 1 aliphatic rings.